The minimum Gasteiger partial charge on any atom is -0.549 e. The van der Waals surface area contributed by atoms with Gasteiger partial charge in [-0.05, 0) is 25.0 Å². The molecule has 20 heavy (non-hydrogen) atoms. The normalized spacial score (nSPS) is 17.2. The summed E-state index contributed by atoms with van der Waals surface area (Å²) < 4.78 is 26.3. The summed E-state index contributed by atoms with van der Waals surface area (Å²) in [5.41, 5.74) is 0. The number of nitrogens with zero attached hydrogens (tertiary/aromatic N) is 1. The van der Waals surface area contributed by atoms with Crippen LogP contribution < -0.4 is 5.11 Å². The number of carboxylic acids is 1. The summed E-state index contributed by atoms with van der Waals surface area (Å²) >= 11 is 0. The van der Waals surface area contributed by atoms with Gasteiger partial charge >= 0.3 is 0 Å². The quantitative estimate of drug-likeness (QED) is 0.803. The van der Waals surface area contributed by atoms with Crippen LogP contribution >= 0.6 is 0 Å². The lowest BCUT2D eigenvalue weighted by molar-refractivity contribution is -0.305. The van der Waals surface area contributed by atoms with Crippen LogP contribution in [0, 0.1) is 0 Å². The Bertz CT molecular complexity index is 550. The third-order valence-electron chi connectivity index (χ3n) is 3.62. The molecular formula is C14H18NO4S-. The molecule has 0 atom stereocenters. The molecule has 1 aromatic carbocycles. The summed E-state index contributed by atoms with van der Waals surface area (Å²) in [6.07, 6.45) is 4.34. The summed E-state index contributed by atoms with van der Waals surface area (Å²) in [4.78, 5) is 11.0. The van der Waals surface area contributed by atoms with E-state index in [1.54, 1.807) is 18.2 Å². The zero-order valence-electron chi connectivity index (χ0n) is 11.2. The molecule has 2 rings (SSSR count). The van der Waals surface area contributed by atoms with Gasteiger partial charge in [0.05, 0.1) is 17.4 Å². The van der Waals surface area contributed by atoms with Gasteiger partial charge in [0.2, 0.25) is 10.0 Å². The Hall–Kier alpha value is -1.40. The van der Waals surface area contributed by atoms with Crippen LogP contribution in [0.1, 0.15) is 32.1 Å². The Balaban J connectivity index is 2.32. The first kappa shape index (κ1) is 15.0. The summed E-state index contributed by atoms with van der Waals surface area (Å²) in [5, 5.41) is 10.9. The summed E-state index contributed by atoms with van der Waals surface area (Å²) in [5.74, 6) is -1.37. The van der Waals surface area contributed by atoms with Crippen molar-refractivity contribution in [2.75, 3.05) is 6.54 Å². The second kappa shape index (κ2) is 6.37. The second-order valence-corrected chi connectivity index (χ2v) is 6.92. The van der Waals surface area contributed by atoms with Gasteiger partial charge in [-0.2, -0.15) is 4.31 Å². The molecule has 0 saturated heterocycles. The highest BCUT2D eigenvalue weighted by atomic mass is 32.2. The third-order valence-corrected chi connectivity index (χ3v) is 5.53. The summed E-state index contributed by atoms with van der Waals surface area (Å²) in [6.45, 7) is -0.581. The Morgan fingerprint density at radius 1 is 1.15 bits per heavy atom. The number of carbonyl (C=O) groups is 1. The van der Waals surface area contributed by atoms with Crippen LogP contribution in [-0.2, 0) is 14.8 Å². The molecule has 0 bridgehead atoms. The van der Waals surface area contributed by atoms with Crippen LogP contribution in [0.4, 0.5) is 0 Å². The molecule has 1 aliphatic rings. The fourth-order valence-electron chi connectivity index (χ4n) is 2.63. The molecule has 5 nitrogen and oxygen atoms in total. The van der Waals surface area contributed by atoms with Crippen molar-refractivity contribution < 1.29 is 18.3 Å². The van der Waals surface area contributed by atoms with Crippen LogP contribution in [0.15, 0.2) is 35.2 Å². The van der Waals surface area contributed by atoms with Crippen molar-refractivity contribution in [3.05, 3.63) is 30.3 Å². The summed E-state index contributed by atoms with van der Waals surface area (Å²) in [6, 6.07) is 7.71. The molecule has 0 radical (unpaired) electrons. The van der Waals surface area contributed by atoms with E-state index < -0.39 is 22.5 Å². The Labute approximate surface area is 119 Å². The maximum absolute atomic E-state index is 12.6. The maximum Gasteiger partial charge on any atom is 0.243 e. The van der Waals surface area contributed by atoms with Gasteiger partial charge < -0.3 is 9.90 Å². The van der Waals surface area contributed by atoms with E-state index in [9.17, 15) is 18.3 Å². The molecule has 1 saturated carbocycles. The molecule has 0 heterocycles. The Kier molecular flexibility index (Phi) is 4.77. The molecule has 1 aliphatic carbocycles. The highest BCUT2D eigenvalue weighted by Crippen LogP contribution is 2.27. The van der Waals surface area contributed by atoms with Crippen molar-refractivity contribution in [2.45, 2.75) is 43.0 Å². The zero-order valence-corrected chi connectivity index (χ0v) is 12.0. The molecule has 0 unspecified atom stereocenters. The van der Waals surface area contributed by atoms with E-state index in [1.165, 1.54) is 12.1 Å². The van der Waals surface area contributed by atoms with Gasteiger partial charge in [-0.3, -0.25) is 0 Å². The van der Waals surface area contributed by atoms with E-state index >= 15 is 0 Å². The molecule has 0 spiro atoms. The number of carboxylic acid groups (broad SMARTS) is 1. The van der Waals surface area contributed by atoms with Crippen LogP contribution in [-0.4, -0.2) is 31.3 Å². The van der Waals surface area contributed by atoms with E-state index in [-0.39, 0.29) is 10.9 Å². The number of hydrogen-bond donors (Lipinski definition) is 0. The lowest BCUT2D eigenvalue weighted by atomic mass is 9.95. The molecule has 0 aliphatic heterocycles. The predicted octanol–water partition coefficient (Wildman–Crippen LogP) is 0.760. The van der Waals surface area contributed by atoms with Crippen molar-refractivity contribution in [1.29, 1.82) is 0 Å². The first-order chi connectivity index (χ1) is 9.51. The standard InChI is InChI=1S/C14H19NO4S/c16-14(17)11-15(12-7-3-1-4-8-12)20(18,19)13-9-5-2-6-10-13/h2,5-6,9-10,12H,1,3-4,7-8,11H2,(H,16,17)/p-1. The number of sulfonamides is 1. The minimum atomic E-state index is -3.78. The second-order valence-electron chi connectivity index (χ2n) is 5.03. The predicted molar refractivity (Wildman–Crippen MR) is 72.2 cm³/mol. The average Bonchev–Trinajstić information content (AvgIpc) is 2.46. The molecule has 1 aromatic rings. The molecule has 110 valence electrons. The first-order valence-electron chi connectivity index (χ1n) is 6.78. The Morgan fingerprint density at radius 3 is 2.30 bits per heavy atom. The molecule has 0 aromatic heterocycles. The van der Waals surface area contributed by atoms with Crippen molar-refractivity contribution in [3.8, 4) is 0 Å². The molecule has 1 fully saturated rings. The topological polar surface area (TPSA) is 77.5 Å². The fraction of sp³-hybridized carbons (Fsp3) is 0.500. The van der Waals surface area contributed by atoms with E-state index in [0.29, 0.717) is 12.8 Å². The smallest absolute Gasteiger partial charge is 0.243 e. The van der Waals surface area contributed by atoms with Gasteiger partial charge in [-0.1, -0.05) is 37.5 Å². The minimum absolute atomic E-state index is 0.131. The number of hydrogen-bond acceptors (Lipinski definition) is 4. The van der Waals surface area contributed by atoms with Gasteiger partial charge in [0.15, 0.2) is 0 Å². The number of carbonyl (C=O) groups excluding carboxylic acids is 1. The van der Waals surface area contributed by atoms with E-state index in [2.05, 4.69) is 0 Å². The molecule has 0 amide bonds. The number of aliphatic carboxylic acids is 1. The number of rotatable bonds is 5. The van der Waals surface area contributed by atoms with Crippen molar-refractivity contribution in [2.24, 2.45) is 0 Å². The maximum atomic E-state index is 12.6. The highest BCUT2D eigenvalue weighted by molar-refractivity contribution is 7.89. The largest absolute Gasteiger partial charge is 0.549 e. The van der Waals surface area contributed by atoms with Gasteiger partial charge in [0, 0.05) is 6.04 Å². The lowest BCUT2D eigenvalue weighted by Crippen LogP contribution is -2.47. The lowest BCUT2D eigenvalue weighted by Gasteiger charge is -2.33. The van der Waals surface area contributed by atoms with Crippen molar-refractivity contribution >= 4 is 16.0 Å². The van der Waals surface area contributed by atoms with Crippen LogP contribution in [0.2, 0.25) is 0 Å². The monoisotopic (exact) mass is 296 g/mol. The van der Waals surface area contributed by atoms with Crippen LogP contribution in [0.25, 0.3) is 0 Å². The van der Waals surface area contributed by atoms with Crippen LogP contribution in [0.5, 0.6) is 0 Å². The van der Waals surface area contributed by atoms with Gasteiger partial charge in [0.1, 0.15) is 0 Å². The first-order valence-corrected chi connectivity index (χ1v) is 8.22. The molecule has 0 N–H and O–H groups in total. The molecular weight excluding hydrogens is 278 g/mol. The average molecular weight is 296 g/mol. The SMILES string of the molecule is O=C([O-])CN(C1CCCCC1)S(=O)(=O)c1ccccc1. The summed E-state index contributed by atoms with van der Waals surface area (Å²) in [7, 11) is -3.78. The van der Waals surface area contributed by atoms with Gasteiger partial charge in [0.25, 0.3) is 0 Å². The Morgan fingerprint density at radius 2 is 1.75 bits per heavy atom. The van der Waals surface area contributed by atoms with Gasteiger partial charge in [-0.25, -0.2) is 8.42 Å². The van der Waals surface area contributed by atoms with E-state index in [1.807, 2.05) is 0 Å². The third kappa shape index (κ3) is 3.37. The molecule has 6 heteroatoms. The van der Waals surface area contributed by atoms with Crippen LogP contribution in [0.3, 0.4) is 0 Å². The van der Waals surface area contributed by atoms with Crippen molar-refractivity contribution in [3.63, 3.8) is 0 Å². The number of benzene rings is 1. The highest BCUT2D eigenvalue weighted by Gasteiger charge is 2.32. The van der Waals surface area contributed by atoms with E-state index in [0.717, 1.165) is 23.6 Å². The zero-order chi connectivity index (χ0) is 14.6. The fourth-order valence-corrected chi connectivity index (χ4v) is 4.29. The van der Waals surface area contributed by atoms with Gasteiger partial charge in [-0.15, -0.1) is 0 Å². The van der Waals surface area contributed by atoms with Crippen molar-refractivity contribution in [1.82, 2.24) is 4.31 Å². The van der Waals surface area contributed by atoms with E-state index in [4.69, 9.17) is 0 Å².